The molecule has 0 bridgehead atoms. The molecule has 0 aliphatic carbocycles. The van der Waals surface area contributed by atoms with E-state index in [1.165, 1.54) is 12.1 Å². The van der Waals surface area contributed by atoms with Crippen molar-refractivity contribution < 1.29 is 28.2 Å². The molecule has 0 aliphatic rings. The maximum Gasteiger partial charge on any atom is 0.407 e. The van der Waals surface area contributed by atoms with Gasteiger partial charge in [0.2, 0.25) is 0 Å². The summed E-state index contributed by atoms with van der Waals surface area (Å²) in [5.74, 6) is -0.787. The summed E-state index contributed by atoms with van der Waals surface area (Å²) in [5.41, 5.74) is 1.09. The van der Waals surface area contributed by atoms with Crippen LogP contribution in [0.15, 0.2) is 72.8 Å². The molecule has 3 aromatic rings. The Balaban J connectivity index is 1.83. The molecule has 0 aliphatic heterocycles. The maximum absolute atomic E-state index is 14.4. The normalized spacial score (nSPS) is 13.6. The van der Waals surface area contributed by atoms with Crippen LogP contribution >= 0.6 is 11.6 Å². The van der Waals surface area contributed by atoms with Crippen molar-refractivity contribution in [2.45, 2.75) is 65.7 Å². The number of ether oxygens (including phenoxy) is 3. The SMILES string of the molecule is CCOC[C@](C)(C[C@@H](Cc1ccc(-c2cc(Cl)ccc2F)cc1)NC(=O)OC(C)(C)C)C(=O)OCc1ccccc1. The van der Waals surface area contributed by atoms with Gasteiger partial charge in [-0.25, -0.2) is 9.18 Å². The molecular weight excluding hydrogens is 545 g/mol. The highest BCUT2D eigenvalue weighted by molar-refractivity contribution is 6.30. The fourth-order valence-electron chi connectivity index (χ4n) is 4.44. The van der Waals surface area contributed by atoms with E-state index in [0.717, 1.165) is 11.1 Å². The average molecular weight is 584 g/mol. The molecule has 0 fully saturated rings. The van der Waals surface area contributed by atoms with Gasteiger partial charge in [-0.3, -0.25) is 4.79 Å². The van der Waals surface area contributed by atoms with Gasteiger partial charge in [-0.1, -0.05) is 66.2 Å². The highest BCUT2D eigenvalue weighted by atomic mass is 35.5. The van der Waals surface area contributed by atoms with Gasteiger partial charge in [-0.05, 0) is 82.3 Å². The Morgan fingerprint density at radius 1 is 0.951 bits per heavy atom. The number of amides is 1. The number of halogens is 2. The van der Waals surface area contributed by atoms with Crippen molar-refractivity contribution in [2.75, 3.05) is 13.2 Å². The Kier molecular flexibility index (Phi) is 11.3. The van der Waals surface area contributed by atoms with E-state index in [-0.39, 0.29) is 25.5 Å². The molecule has 3 rings (SSSR count). The van der Waals surface area contributed by atoms with E-state index in [0.29, 0.717) is 29.2 Å². The predicted octanol–water partition coefficient (Wildman–Crippen LogP) is 7.76. The molecule has 0 saturated carbocycles. The number of carbonyl (C=O) groups is 2. The van der Waals surface area contributed by atoms with Crippen LogP contribution in [0, 0.1) is 11.2 Å². The third-order valence-corrected chi connectivity index (χ3v) is 6.66. The summed E-state index contributed by atoms with van der Waals surface area (Å²) in [4.78, 5) is 26.2. The summed E-state index contributed by atoms with van der Waals surface area (Å²) < 4.78 is 31.3. The van der Waals surface area contributed by atoms with Crippen molar-refractivity contribution in [3.63, 3.8) is 0 Å². The lowest BCUT2D eigenvalue weighted by Gasteiger charge is -2.32. The molecule has 0 spiro atoms. The first-order chi connectivity index (χ1) is 19.4. The minimum absolute atomic E-state index is 0.122. The Morgan fingerprint density at radius 3 is 2.27 bits per heavy atom. The zero-order chi connectivity index (χ0) is 30.0. The Hall–Kier alpha value is -3.42. The van der Waals surface area contributed by atoms with Gasteiger partial charge in [-0.15, -0.1) is 0 Å². The molecular formula is C33H39ClFNO5. The predicted molar refractivity (Wildman–Crippen MR) is 159 cm³/mol. The molecule has 1 N–H and O–H groups in total. The standard InChI is InChI=1S/C33H39ClFNO5/c1-6-39-22-33(5,30(37)40-21-24-10-8-7-9-11-24)20-27(36-31(38)41-32(2,3)4)18-23-12-14-25(15-13-23)28-19-26(34)16-17-29(28)35/h7-17,19,27H,6,18,20-22H2,1-5H3,(H,36,38)/t27-,33+/m1/s1. The summed E-state index contributed by atoms with van der Waals surface area (Å²) in [5, 5.41) is 3.39. The van der Waals surface area contributed by atoms with Crippen LogP contribution in [0.2, 0.25) is 5.02 Å². The van der Waals surface area contributed by atoms with E-state index in [1.54, 1.807) is 33.8 Å². The number of alkyl carbamates (subject to hydrolysis) is 1. The first-order valence-electron chi connectivity index (χ1n) is 13.7. The van der Waals surface area contributed by atoms with Gasteiger partial charge >= 0.3 is 12.1 Å². The van der Waals surface area contributed by atoms with Crippen LogP contribution in [0.25, 0.3) is 11.1 Å². The zero-order valence-corrected chi connectivity index (χ0v) is 25.1. The van der Waals surface area contributed by atoms with Gasteiger partial charge < -0.3 is 19.5 Å². The second-order valence-corrected chi connectivity index (χ2v) is 11.8. The lowest BCUT2D eigenvalue weighted by molar-refractivity contribution is -0.161. The molecule has 2 atom stereocenters. The third kappa shape index (κ3) is 10.2. The molecule has 0 unspecified atom stereocenters. The highest BCUT2D eigenvalue weighted by Gasteiger charge is 2.39. The largest absolute Gasteiger partial charge is 0.460 e. The van der Waals surface area contributed by atoms with Gasteiger partial charge in [0, 0.05) is 23.2 Å². The van der Waals surface area contributed by atoms with E-state index in [4.69, 9.17) is 25.8 Å². The number of hydrogen-bond donors (Lipinski definition) is 1. The van der Waals surface area contributed by atoms with Crippen molar-refractivity contribution in [1.82, 2.24) is 5.32 Å². The molecule has 8 heteroatoms. The molecule has 0 heterocycles. The van der Waals surface area contributed by atoms with E-state index < -0.39 is 29.1 Å². The lowest BCUT2D eigenvalue weighted by Crippen LogP contribution is -2.46. The zero-order valence-electron chi connectivity index (χ0n) is 24.3. The van der Waals surface area contributed by atoms with Gasteiger partial charge in [0.25, 0.3) is 0 Å². The number of carbonyl (C=O) groups excluding carboxylic acids is 2. The van der Waals surface area contributed by atoms with Gasteiger partial charge in [0.05, 0.1) is 12.0 Å². The highest BCUT2D eigenvalue weighted by Crippen LogP contribution is 2.30. The Morgan fingerprint density at radius 2 is 1.63 bits per heavy atom. The Bertz CT molecular complexity index is 1290. The second kappa shape index (κ2) is 14.5. The van der Waals surface area contributed by atoms with Crippen molar-refractivity contribution in [3.8, 4) is 11.1 Å². The van der Waals surface area contributed by atoms with Crippen molar-refractivity contribution >= 4 is 23.7 Å². The molecule has 1 amide bonds. The smallest absolute Gasteiger partial charge is 0.407 e. The number of hydrogen-bond acceptors (Lipinski definition) is 5. The molecule has 3 aromatic carbocycles. The van der Waals surface area contributed by atoms with Gasteiger partial charge in [0.1, 0.15) is 18.0 Å². The summed E-state index contributed by atoms with van der Waals surface area (Å²) in [6.45, 7) is 9.68. The van der Waals surface area contributed by atoms with Crippen LogP contribution in [0.4, 0.5) is 9.18 Å². The summed E-state index contributed by atoms with van der Waals surface area (Å²) in [7, 11) is 0. The van der Waals surface area contributed by atoms with E-state index in [9.17, 15) is 14.0 Å². The summed E-state index contributed by atoms with van der Waals surface area (Å²) >= 11 is 6.07. The molecule has 6 nitrogen and oxygen atoms in total. The fraction of sp³-hybridized carbons (Fsp3) is 0.394. The summed E-state index contributed by atoms with van der Waals surface area (Å²) in [6.07, 6.45) is 0.0481. The Labute approximate surface area is 247 Å². The van der Waals surface area contributed by atoms with Gasteiger partial charge in [-0.2, -0.15) is 0 Å². The minimum Gasteiger partial charge on any atom is -0.460 e. The maximum atomic E-state index is 14.4. The molecule has 41 heavy (non-hydrogen) atoms. The minimum atomic E-state index is -1.05. The number of benzene rings is 3. The fourth-order valence-corrected chi connectivity index (χ4v) is 4.61. The van der Waals surface area contributed by atoms with Crippen molar-refractivity contribution in [2.24, 2.45) is 5.41 Å². The first kappa shape index (κ1) is 32.1. The van der Waals surface area contributed by atoms with Crippen LogP contribution < -0.4 is 5.32 Å². The van der Waals surface area contributed by atoms with Crippen LogP contribution in [-0.2, 0) is 32.0 Å². The monoisotopic (exact) mass is 583 g/mol. The average Bonchev–Trinajstić information content (AvgIpc) is 2.92. The van der Waals surface area contributed by atoms with Crippen LogP contribution in [0.1, 0.15) is 52.2 Å². The molecule has 0 aromatic heterocycles. The van der Waals surface area contributed by atoms with Crippen LogP contribution in [0.5, 0.6) is 0 Å². The third-order valence-electron chi connectivity index (χ3n) is 6.42. The quantitative estimate of drug-likeness (QED) is 0.221. The first-order valence-corrected chi connectivity index (χ1v) is 14.1. The number of rotatable bonds is 12. The van der Waals surface area contributed by atoms with E-state index in [1.807, 2.05) is 61.5 Å². The van der Waals surface area contributed by atoms with Gasteiger partial charge in [0.15, 0.2) is 0 Å². The topological polar surface area (TPSA) is 73.9 Å². The van der Waals surface area contributed by atoms with Crippen molar-refractivity contribution in [3.05, 3.63) is 94.8 Å². The molecule has 220 valence electrons. The lowest BCUT2D eigenvalue weighted by atomic mass is 9.82. The molecule has 0 saturated heterocycles. The van der Waals surface area contributed by atoms with E-state index >= 15 is 0 Å². The second-order valence-electron chi connectivity index (χ2n) is 11.3. The van der Waals surface area contributed by atoms with Crippen molar-refractivity contribution in [1.29, 1.82) is 0 Å². The molecule has 0 radical (unpaired) electrons. The van der Waals surface area contributed by atoms with Crippen LogP contribution in [0.3, 0.4) is 0 Å². The summed E-state index contributed by atoms with van der Waals surface area (Å²) in [6, 6.07) is 20.7. The number of nitrogens with one attached hydrogen (secondary N) is 1. The number of esters is 1. The van der Waals surface area contributed by atoms with E-state index in [2.05, 4.69) is 5.32 Å². The van der Waals surface area contributed by atoms with Crippen LogP contribution in [-0.4, -0.2) is 36.9 Å².